The zero-order valence-electron chi connectivity index (χ0n) is 13.9. The fraction of sp³-hybridized carbons (Fsp3) is 1.00. The van der Waals surface area contributed by atoms with Crippen molar-refractivity contribution in [3.63, 3.8) is 0 Å². The van der Waals surface area contributed by atoms with Crippen LogP contribution in [-0.4, -0.2) is 61.9 Å². The first-order chi connectivity index (χ1) is 9.27. The van der Waals surface area contributed by atoms with E-state index in [-0.39, 0.29) is 18.6 Å². The molecule has 0 aromatic rings. The molecule has 0 rings (SSSR count). The van der Waals surface area contributed by atoms with Gasteiger partial charge in [-0.25, -0.2) is 0 Å². The maximum absolute atomic E-state index is 9.87. The molecule has 0 saturated heterocycles. The van der Waals surface area contributed by atoms with E-state index in [2.05, 4.69) is 6.92 Å². The summed E-state index contributed by atoms with van der Waals surface area (Å²) >= 11 is 0. The number of ether oxygens (including phenoxy) is 4. The normalized spacial score (nSPS) is 19.6. The van der Waals surface area contributed by atoms with E-state index < -0.39 is 5.97 Å². The molecule has 6 heteroatoms. The third kappa shape index (κ3) is 7.52. The lowest BCUT2D eigenvalue weighted by molar-refractivity contribution is -0.362. The summed E-state index contributed by atoms with van der Waals surface area (Å²) in [5.41, 5.74) is 0. The largest absolute Gasteiger partial charge is 0.344 e. The summed E-state index contributed by atoms with van der Waals surface area (Å²) in [4.78, 5) is 1.98. The SMILES string of the molecule is CCOC(OC)N(C)C(C)CC(C)OC(C)(O)OCC. The topological polar surface area (TPSA) is 60.4 Å². The van der Waals surface area contributed by atoms with Gasteiger partial charge in [-0.2, -0.15) is 0 Å². The van der Waals surface area contributed by atoms with Crippen LogP contribution in [0.2, 0.25) is 0 Å². The van der Waals surface area contributed by atoms with E-state index in [4.69, 9.17) is 18.9 Å². The highest BCUT2D eigenvalue weighted by Gasteiger charge is 2.27. The highest BCUT2D eigenvalue weighted by atomic mass is 16.8. The first-order valence-corrected chi connectivity index (χ1v) is 7.17. The molecule has 1 N–H and O–H groups in total. The smallest absolute Gasteiger partial charge is 0.277 e. The Morgan fingerprint density at radius 1 is 1.20 bits per heavy atom. The van der Waals surface area contributed by atoms with E-state index in [1.165, 1.54) is 6.92 Å². The third-order valence-electron chi connectivity index (χ3n) is 3.04. The average Bonchev–Trinajstić information content (AvgIpc) is 2.33. The average molecular weight is 293 g/mol. The summed E-state index contributed by atoms with van der Waals surface area (Å²) in [5.74, 6) is -1.55. The van der Waals surface area contributed by atoms with Crippen molar-refractivity contribution < 1.29 is 24.1 Å². The van der Waals surface area contributed by atoms with Gasteiger partial charge in [0.25, 0.3) is 5.97 Å². The molecule has 0 aromatic carbocycles. The van der Waals surface area contributed by atoms with Crippen LogP contribution in [0.5, 0.6) is 0 Å². The van der Waals surface area contributed by atoms with Gasteiger partial charge in [-0.15, -0.1) is 0 Å². The van der Waals surface area contributed by atoms with Crippen molar-refractivity contribution in [1.29, 1.82) is 0 Å². The summed E-state index contributed by atoms with van der Waals surface area (Å²) in [5, 5.41) is 9.87. The molecule has 0 aromatic heterocycles. The highest BCUT2D eigenvalue weighted by Crippen LogP contribution is 2.17. The van der Waals surface area contributed by atoms with E-state index in [0.29, 0.717) is 19.6 Å². The van der Waals surface area contributed by atoms with E-state index >= 15 is 0 Å². The van der Waals surface area contributed by atoms with Crippen LogP contribution in [0.1, 0.15) is 41.0 Å². The minimum absolute atomic E-state index is 0.159. The maximum Gasteiger partial charge on any atom is 0.277 e. The Morgan fingerprint density at radius 2 is 1.80 bits per heavy atom. The van der Waals surface area contributed by atoms with Gasteiger partial charge in [-0.1, -0.05) is 0 Å². The van der Waals surface area contributed by atoms with Gasteiger partial charge in [0.15, 0.2) is 0 Å². The lowest BCUT2D eigenvalue weighted by Crippen LogP contribution is -2.44. The monoisotopic (exact) mass is 293 g/mol. The van der Waals surface area contributed by atoms with Crippen molar-refractivity contribution in [3.8, 4) is 0 Å². The molecule has 6 nitrogen and oxygen atoms in total. The zero-order valence-corrected chi connectivity index (χ0v) is 13.9. The van der Waals surface area contributed by atoms with E-state index in [9.17, 15) is 5.11 Å². The summed E-state index contributed by atoms with van der Waals surface area (Å²) < 4.78 is 21.4. The van der Waals surface area contributed by atoms with Crippen LogP contribution < -0.4 is 0 Å². The number of methoxy groups -OCH3 is 1. The minimum Gasteiger partial charge on any atom is -0.344 e. The molecule has 0 heterocycles. The second kappa shape index (κ2) is 9.65. The third-order valence-corrected chi connectivity index (χ3v) is 3.04. The van der Waals surface area contributed by atoms with Gasteiger partial charge in [-0.05, 0) is 41.2 Å². The van der Waals surface area contributed by atoms with Crippen LogP contribution in [0, 0.1) is 0 Å². The summed E-state index contributed by atoms with van der Waals surface area (Å²) in [6.45, 7) is 10.2. The van der Waals surface area contributed by atoms with Gasteiger partial charge in [-0.3, -0.25) is 4.90 Å². The molecule has 20 heavy (non-hydrogen) atoms. The van der Waals surface area contributed by atoms with Crippen LogP contribution in [0.3, 0.4) is 0 Å². The Hall–Kier alpha value is -0.240. The molecule has 4 atom stereocenters. The van der Waals surface area contributed by atoms with E-state index in [1.807, 2.05) is 32.7 Å². The quantitative estimate of drug-likeness (QED) is 0.586. The lowest BCUT2D eigenvalue weighted by Gasteiger charge is -2.34. The summed E-state index contributed by atoms with van der Waals surface area (Å²) in [6.07, 6.45) is 0.176. The van der Waals surface area contributed by atoms with Crippen molar-refractivity contribution >= 4 is 0 Å². The van der Waals surface area contributed by atoms with E-state index in [1.54, 1.807) is 7.11 Å². The molecule has 0 radical (unpaired) electrons. The van der Waals surface area contributed by atoms with Crippen molar-refractivity contribution in [2.75, 3.05) is 27.4 Å². The Bertz CT molecular complexity index is 250. The number of hydrogen-bond donors (Lipinski definition) is 1. The van der Waals surface area contributed by atoms with Gasteiger partial charge >= 0.3 is 0 Å². The minimum atomic E-state index is -1.55. The molecule has 0 aliphatic rings. The fourth-order valence-electron chi connectivity index (χ4n) is 2.07. The Balaban J connectivity index is 4.32. The predicted octanol–water partition coefficient (Wildman–Crippen LogP) is 1.77. The second-order valence-electron chi connectivity index (χ2n) is 5.01. The second-order valence-corrected chi connectivity index (χ2v) is 5.01. The lowest BCUT2D eigenvalue weighted by atomic mass is 10.1. The molecule has 0 spiro atoms. The van der Waals surface area contributed by atoms with Crippen molar-refractivity contribution in [3.05, 3.63) is 0 Å². The molecular formula is C14H31NO5. The van der Waals surface area contributed by atoms with Gasteiger partial charge in [0, 0.05) is 33.3 Å². The number of nitrogens with zero attached hydrogens (tertiary/aromatic N) is 1. The Labute approximate surface area is 122 Å². The summed E-state index contributed by atoms with van der Waals surface area (Å²) in [7, 11) is 3.55. The number of aliphatic hydroxyl groups is 1. The van der Waals surface area contributed by atoms with Crippen molar-refractivity contribution in [2.24, 2.45) is 0 Å². The molecule has 0 amide bonds. The van der Waals surface area contributed by atoms with Gasteiger partial charge in [0.05, 0.1) is 6.10 Å². The summed E-state index contributed by atoms with van der Waals surface area (Å²) in [6, 6.07) is 0.166. The van der Waals surface area contributed by atoms with Crippen molar-refractivity contribution in [1.82, 2.24) is 4.90 Å². The van der Waals surface area contributed by atoms with Crippen LogP contribution in [0.4, 0.5) is 0 Å². The fourth-order valence-corrected chi connectivity index (χ4v) is 2.07. The molecular weight excluding hydrogens is 262 g/mol. The molecule has 0 fully saturated rings. The van der Waals surface area contributed by atoms with Crippen LogP contribution in [-0.2, 0) is 18.9 Å². The molecule has 0 aliphatic carbocycles. The first-order valence-electron chi connectivity index (χ1n) is 7.17. The molecule has 0 bridgehead atoms. The number of hydrogen-bond acceptors (Lipinski definition) is 6. The molecule has 0 saturated carbocycles. The van der Waals surface area contributed by atoms with Crippen molar-refractivity contribution in [2.45, 2.75) is 65.6 Å². The van der Waals surface area contributed by atoms with Crippen LogP contribution in [0.15, 0.2) is 0 Å². The standard InChI is InChI=1S/C14H31NO5/c1-8-18-13(17-7)15(6)11(3)10-12(4)20-14(5,16)19-9-2/h11-13,16H,8-10H2,1-7H3. The molecule has 122 valence electrons. The number of rotatable bonds is 11. The highest BCUT2D eigenvalue weighted by molar-refractivity contribution is 4.68. The van der Waals surface area contributed by atoms with Crippen LogP contribution >= 0.6 is 0 Å². The first kappa shape index (κ1) is 19.8. The van der Waals surface area contributed by atoms with Gasteiger partial charge < -0.3 is 24.1 Å². The maximum atomic E-state index is 9.87. The van der Waals surface area contributed by atoms with Gasteiger partial charge in [0.2, 0.25) is 6.41 Å². The Morgan fingerprint density at radius 3 is 2.25 bits per heavy atom. The zero-order chi connectivity index (χ0) is 15.8. The molecule has 0 aliphatic heterocycles. The molecule has 4 unspecified atom stereocenters. The van der Waals surface area contributed by atoms with E-state index in [0.717, 1.165) is 0 Å². The van der Waals surface area contributed by atoms with Gasteiger partial charge in [0.1, 0.15) is 0 Å². The van der Waals surface area contributed by atoms with Crippen LogP contribution in [0.25, 0.3) is 0 Å². The predicted molar refractivity (Wildman–Crippen MR) is 77.1 cm³/mol. The Kier molecular flexibility index (Phi) is 9.54.